The van der Waals surface area contributed by atoms with Crippen LogP contribution < -0.4 is 16.4 Å². The van der Waals surface area contributed by atoms with Gasteiger partial charge in [-0.05, 0) is 53.5 Å². The Morgan fingerprint density at radius 3 is 2.31 bits per heavy atom. The molecule has 1 aromatic carbocycles. The van der Waals surface area contributed by atoms with Crippen molar-refractivity contribution in [3.8, 4) is 5.75 Å². The number of aromatic hydroxyl groups is 1. The standard InChI is InChI=1S/C27H42N4O8/c1-8-17(4)31(25(36)19(15-20(28)32)30-26(37)39-27(5,6)7)22(18-12-10-11-16(3)23(18)34)24(35)29-14-13-21(33)38-9-2/h10-12,17,19,22,34H,8-9,13-15H2,1-7H3,(H2,28,32)(H,29,35)(H,30,37). The number of nitrogens with one attached hydrogen (secondary N) is 2. The summed E-state index contributed by atoms with van der Waals surface area (Å²) in [7, 11) is 0. The van der Waals surface area contributed by atoms with Crippen LogP contribution >= 0.6 is 0 Å². The SMILES string of the molecule is CCOC(=O)CCNC(=O)C(c1cccc(C)c1O)N(C(=O)C(CC(N)=O)NC(=O)OC(C)(C)C)C(C)CC. The molecule has 0 spiro atoms. The number of carbonyl (C=O) groups excluding carboxylic acids is 5. The summed E-state index contributed by atoms with van der Waals surface area (Å²) in [6.45, 7) is 11.8. The summed E-state index contributed by atoms with van der Waals surface area (Å²) < 4.78 is 10.1. The van der Waals surface area contributed by atoms with Crippen LogP contribution in [0.1, 0.15) is 78.0 Å². The summed E-state index contributed by atoms with van der Waals surface area (Å²) in [6.07, 6.45) is -1.21. The quantitative estimate of drug-likeness (QED) is 0.270. The Kier molecular flexibility index (Phi) is 12.7. The van der Waals surface area contributed by atoms with E-state index in [0.717, 1.165) is 0 Å². The van der Waals surface area contributed by atoms with Gasteiger partial charge in [-0.1, -0.05) is 25.1 Å². The molecule has 0 aromatic heterocycles. The summed E-state index contributed by atoms with van der Waals surface area (Å²) in [4.78, 5) is 65.0. The van der Waals surface area contributed by atoms with E-state index in [9.17, 15) is 29.1 Å². The lowest BCUT2D eigenvalue weighted by molar-refractivity contribution is -0.146. The molecule has 5 N–H and O–H groups in total. The second-order valence-corrected chi connectivity index (χ2v) is 10.1. The maximum absolute atomic E-state index is 14.0. The number of benzene rings is 1. The van der Waals surface area contributed by atoms with Gasteiger partial charge in [-0.3, -0.25) is 19.2 Å². The third kappa shape index (κ3) is 10.5. The van der Waals surface area contributed by atoms with E-state index in [1.165, 1.54) is 11.0 Å². The Hall–Kier alpha value is -3.83. The lowest BCUT2D eigenvalue weighted by Crippen LogP contribution is -2.56. The van der Waals surface area contributed by atoms with Crippen LogP contribution in [-0.2, 0) is 28.7 Å². The molecule has 0 fully saturated rings. The van der Waals surface area contributed by atoms with Gasteiger partial charge in [0.15, 0.2) is 0 Å². The average Bonchev–Trinajstić information content (AvgIpc) is 2.82. The number of primary amides is 1. The molecule has 0 aliphatic rings. The molecule has 3 unspecified atom stereocenters. The average molecular weight is 551 g/mol. The first-order valence-corrected chi connectivity index (χ1v) is 12.9. The van der Waals surface area contributed by atoms with E-state index in [-0.39, 0.29) is 30.9 Å². The number of rotatable bonds is 13. The number of aryl methyl sites for hydroxylation is 1. The molecule has 218 valence electrons. The summed E-state index contributed by atoms with van der Waals surface area (Å²) in [5.41, 5.74) is 5.11. The van der Waals surface area contributed by atoms with Gasteiger partial charge < -0.3 is 35.8 Å². The summed E-state index contributed by atoms with van der Waals surface area (Å²) >= 11 is 0. The first-order valence-electron chi connectivity index (χ1n) is 12.9. The van der Waals surface area contributed by atoms with Gasteiger partial charge >= 0.3 is 12.1 Å². The lowest BCUT2D eigenvalue weighted by atomic mass is 9.97. The summed E-state index contributed by atoms with van der Waals surface area (Å²) in [5, 5.41) is 15.9. The minimum absolute atomic E-state index is 0.0792. The number of nitrogens with zero attached hydrogens (tertiary/aromatic N) is 1. The molecule has 0 saturated carbocycles. The first-order chi connectivity index (χ1) is 18.1. The monoisotopic (exact) mass is 550 g/mol. The summed E-state index contributed by atoms with van der Waals surface area (Å²) in [6, 6.07) is 1.37. The highest BCUT2D eigenvalue weighted by molar-refractivity contribution is 5.95. The Balaban J connectivity index is 3.55. The van der Waals surface area contributed by atoms with E-state index in [4.69, 9.17) is 15.2 Å². The molecule has 1 aromatic rings. The number of ether oxygens (including phenoxy) is 2. The highest BCUT2D eigenvalue weighted by atomic mass is 16.6. The Bertz CT molecular complexity index is 1040. The highest BCUT2D eigenvalue weighted by Gasteiger charge is 2.40. The molecule has 0 bridgehead atoms. The Morgan fingerprint density at radius 2 is 1.77 bits per heavy atom. The van der Waals surface area contributed by atoms with E-state index in [0.29, 0.717) is 12.0 Å². The fourth-order valence-electron chi connectivity index (χ4n) is 3.76. The molecule has 0 aliphatic carbocycles. The van der Waals surface area contributed by atoms with E-state index >= 15 is 0 Å². The van der Waals surface area contributed by atoms with Crippen LogP contribution in [0.3, 0.4) is 0 Å². The van der Waals surface area contributed by atoms with Gasteiger partial charge in [0.25, 0.3) is 0 Å². The third-order valence-electron chi connectivity index (χ3n) is 5.74. The van der Waals surface area contributed by atoms with Crippen LogP contribution in [-0.4, -0.2) is 70.6 Å². The molecular weight excluding hydrogens is 508 g/mol. The molecule has 0 saturated heterocycles. The molecule has 0 heterocycles. The number of hydrogen-bond acceptors (Lipinski definition) is 8. The molecule has 1 rings (SSSR count). The molecule has 3 atom stereocenters. The molecule has 39 heavy (non-hydrogen) atoms. The highest BCUT2D eigenvalue weighted by Crippen LogP contribution is 2.34. The number of phenols is 1. The number of alkyl carbamates (subject to hydrolysis) is 1. The smallest absolute Gasteiger partial charge is 0.408 e. The Labute approximate surface area is 229 Å². The van der Waals surface area contributed by atoms with Crippen molar-refractivity contribution in [3.05, 3.63) is 29.3 Å². The number of para-hydroxylation sites is 1. The van der Waals surface area contributed by atoms with Gasteiger partial charge in [0.2, 0.25) is 17.7 Å². The van der Waals surface area contributed by atoms with E-state index < -0.39 is 59.9 Å². The van der Waals surface area contributed by atoms with Crippen LogP contribution in [0.5, 0.6) is 5.75 Å². The zero-order valence-corrected chi connectivity index (χ0v) is 23.8. The van der Waals surface area contributed by atoms with Crippen molar-refractivity contribution in [1.82, 2.24) is 15.5 Å². The van der Waals surface area contributed by atoms with Crippen molar-refractivity contribution in [2.24, 2.45) is 5.73 Å². The zero-order chi connectivity index (χ0) is 29.9. The van der Waals surface area contributed by atoms with Gasteiger partial charge in [-0.2, -0.15) is 0 Å². The minimum atomic E-state index is -1.45. The minimum Gasteiger partial charge on any atom is -0.507 e. The van der Waals surface area contributed by atoms with E-state index in [1.54, 1.807) is 60.6 Å². The number of phenolic OH excluding ortho intramolecular Hbond substituents is 1. The van der Waals surface area contributed by atoms with Crippen molar-refractivity contribution >= 4 is 29.8 Å². The second-order valence-electron chi connectivity index (χ2n) is 10.1. The van der Waals surface area contributed by atoms with Crippen molar-refractivity contribution in [2.45, 2.75) is 91.5 Å². The number of nitrogens with two attached hydrogens (primary N) is 1. The molecular formula is C27H42N4O8. The van der Waals surface area contributed by atoms with E-state index in [1.807, 2.05) is 0 Å². The molecule has 12 heteroatoms. The molecule has 0 aliphatic heterocycles. The largest absolute Gasteiger partial charge is 0.507 e. The van der Waals surface area contributed by atoms with Gasteiger partial charge in [0.1, 0.15) is 23.4 Å². The lowest BCUT2D eigenvalue weighted by Gasteiger charge is -2.38. The van der Waals surface area contributed by atoms with Crippen LogP contribution in [0.4, 0.5) is 4.79 Å². The van der Waals surface area contributed by atoms with Crippen LogP contribution in [0.2, 0.25) is 0 Å². The van der Waals surface area contributed by atoms with Crippen LogP contribution in [0.25, 0.3) is 0 Å². The number of hydrogen-bond donors (Lipinski definition) is 4. The maximum atomic E-state index is 14.0. The summed E-state index contributed by atoms with van der Waals surface area (Å²) in [5.74, 6) is -3.02. The number of amides is 4. The van der Waals surface area contributed by atoms with E-state index in [2.05, 4.69) is 10.6 Å². The van der Waals surface area contributed by atoms with Gasteiger partial charge in [-0.15, -0.1) is 0 Å². The topological polar surface area (TPSA) is 177 Å². The van der Waals surface area contributed by atoms with Crippen LogP contribution in [0, 0.1) is 6.92 Å². The second kappa shape index (κ2) is 14.9. The van der Waals surface area contributed by atoms with Crippen molar-refractivity contribution < 1.29 is 38.6 Å². The van der Waals surface area contributed by atoms with Gasteiger partial charge in [0.05, 0.1) is 19.4 Å². The fraction of sp³-hybridized carbons (Fsp3) is 0.593. The van der Waals surface area contributed by atoms with Crippen molar-refractivity contribution in [1.29, 1.82) is 0 Å². The van der Waals surface area contributed by atoms with Crippen molar-refractivity contribution in [3.63, 3.8) is 0 Å². The Morgan fingerprint density at radius 1 is 1.13 bits per heavy atom. The van der Waals surface area contributed by atoms with Crippen LogP contribution in [0.15, 0.2) is 18.2 Å². The third-order valence-corrected chi connectivity index (χ3v) is 5.74. The maximum Gasteiger partial charge on any atom is 0.408 e. The first kappa shape index (κ1) is 33.2. The predicted octanol–water partition coefficient (Wildman–Crippen LogP) is 2.21. The van der Waals surface area contributed by atoms with Gasteiger partial charge in [-0.25, -0.2) is 4.79 Å². The molecule has 0 radical (unpaired) electrons. The zero-order valence-electron chi connectivity index (χ0n) is 23.8. The van der Waals surface area contributed by atoms with Gasteiger partial charge in [0, 0.05) is 18.2 Å². The predicted molar refractivity (Wildman–Crippen MR) is 143 cm³/mol. The fourth-order valence-corrected chi connectivity index (χ4v) is 3.76. The molecule has 4 amide bonds. The molecule has 12 nitrogen and oxygen atoms in total. The van der Waals surface area contributed by atoms with Crippen molar-refractivity contribution in [2.75, 3.05) is 13.2 Å². The number of esters is 1. The number of carbonyl (C=O) groups is 5. The normalized spacial score (nSPS) is 13.4.